The molecule has 0 saturated carbocycles. The van der Waals surface area contributed by atoms with Gasteiger partial charge in [0, 0.05) is 0 Å². The molecule has 0 bridgehead atoms. The third-order valence-electron chi connectivity index (χ3n) is 3.89. The highest BCUT2D eigenvalue weighted by Crippen LogP contribution is 2.20. The minimum absolute atomic E-state index is 0.169. The van der Waals surface area contributed by atoms with Gasteiger partial charge in [-0.2, -0.15) is 5.10 Å². The smallest absolute Gasteiger partial charge is 0.376 e. The molecule has 6 heteroatoms. The van der Waals surface area contributed by atoms with Gasteiger partial charge in [-0.25, -0.2) is 9.59 Å². The van der Waals surface area contributed by atoms with Gasteiger partial charge < -0.3 is 9.47 Å². The van der Waals surface area contributed by atoms with Gasteiger partial charge in [0.05, 0.1) is 24.1 Å². The van der Waals surface area contributed by atoms with E-state index in [-0.39, 0.29) is 5.76 Å². The first-order valence-corrected chi connectivity index (χ1v) is 8.15. The third-order valence-corrected chi connectivity index (χ3v) is 3.89. The number of allylic oxidation sites excluding steroid dienone is 1. The highest BCUT2D eigenvalue weighted by atomic mass is 16.6. The number of esters is 2. The molecule has 26 heavy (non-hydrogen) atoms. The summed E-state index contributed by atoms with van der Waals surface area (Å²) in [5.74, 6) is -1.52. The van der Waals surface area contributed by atoms with Crippen LogP contribution in [0.25, 0.3) is 0 Å². The minimum atomic E-state index is -0.727. The maximum Gasteiger partial charge on any atom is 0.376 e. The van der Waals surface area contributed by atoms with Crippen LogP contribution in [0.1, 0.15) is 28.8 Å². The van der Waals surface area contributed by atoms with Crippen molar-refractivity contribution < 1.29 is 19.1 Å². The zero-order chi connectivity index (χ0) is 18.4. The fraction of sp³-hybridized carbons (Fsp3) is 0.150. The monoisotopic (exact) mass is 350 g/mol. The molecule has 0 amide bonds. The van der Waals surface area contributed by atoms with Crippen molar-refractivity contribution in [1.82, 2.24) is 5.43 Å². The van der Waals surface area contributed by atoms with Gasteiger partial charge in [-0.15, -0.1) is 0 Å². The topological polar surface area (TPSA) is 77.0 Å². The Morgan fingerprint density at radius 3 is 2.19 bits per heavy atom. The molecule has 1 aliphatic heterocycles. The standard InChI is InChI=1S/C20H18N2O4/c1-25-20(24)18(26-19(23)15-10-6-3-7-11-15)17-13-12-16(21-22-17)14-8-4-2-5-9-14/h2-11,22H,12-13H2,1H3/b18-17+. The predicted molar refractivity (Wildman–Crippen MR) is 96.2 cm³/mol. The molecule has 2 aromatic carbocycles. The zero-order valence-electron chi connectivity index (χ0n) is 14.3. The van der Waals surface area contributed by atoms with Crippen LogP contribution in [0.4, 0.5) is 0 Å². The van der Waals surface area contributed by atoms with Gasteiger partial charge in [0.25, 0.3) is 0 Å². The normalized spacial score (nSPS) is 15.3. The molecule has 0 atom stereocenters. The number of nitrogens with zero attached hydrogens (tertiary/aromatic N) is 1. The number of hydrogen-bond acceptors (Lipinski definition) is 6. The molecule has 0 fully saturated rings. The summed E-state index contributed by atoms with van der Waals surface area (Å²) in [5.41, 5.74) is 5.46. The maximum absolute atomic E-state index is 12.3. The van der Waals surface area contributed by atoms with Crippen LogP contribution in [0, 0.1) is 0 Å². The Kier molecular flexibility index (Phi) is 5.43. The lowest BCUT2D eigenvalue weighted by atomic mass is 10.0. The van der Waals surface area contributed by atoms with Gasteiger partial charge in [0.1, 0.15) is 0 Å². The van der Waals surface area contributed by atoms with Gasteiger partial charge >= 0.3 is 11.9 Å². The Morgan fingerprint density at radius 1 is 0.962 bits per heavy atom. The Labute approximate surface area is 151 Å². The third kappa shape index (κ3) is 3.97. The van der Waals surface area contributed by atoms with Crippen LogP contribution in [0.5, 0.6) is 0 Å². The molecule has 1 heterocycles. The second-order valence-electron chi connectivity index (χ2n) is 5.59. The fourth-order valence-electron chi connectivity index (χ4n) is 2.54. The average molecular weight is 350 g/mol. The summed E-state index contributed by atoms with van der Waals surface area (Å²) in [6.45, 7) is 0. The van der Waals surface area contributed by atoms with E-state index in [4.69, 9.17) is 9.47 Å². The number of nitrogens with one attached hydrogen (secondary N) is 1. The van der Waals surface area contributed by atoms with Gasteiger partial charge in [-0.3, -0.25) is 5.43 Å². The number of hydrazone groups is 1. The van der Waals surface area contributed by atoms with Crippen molar-refractivity contribution in [2.75, 3.05) is 7.11 Å². The van der Waals surface area contributed by atoms with Crippen LogP contribution in [-0.2, 0) is 14.3 Å². The minimum Gasteiger partial charge on any atom is -0.463 e. The molecular formula is C20H18N2O4. The van der Waals surface area contributed by atoms with E-state index in [0.717, 1.165) is 11.3 Å². The van der Waals surface area contributed by atoms with Crippen molar-refractivity contribution in [3.05, 3.63) is 83.2 Å². The summed E-state index contributed by atoms with van der Waals surface area (Å²) < 4.78 is 10.1. The molecule has 0 aromatic heterocycles. The first-order valence-electron chi connectivity index (χ1n) is 8.15. The molecule has 0 radical (unpaired) electrons. The Morgan fingerprint density at radius 2 is 1.62 bits per heavy atom. The van der Waals surface area contributed by atoms with Crippen molar-refractivity contribution in [2.24, 2.45) is 5.10 Å². The summed E-state index contributed by atoms with van der Waals surface area (Å²) >= 11 is 0. The Balaban J connectivity index is 1.83. The van der Waals surface area contributed by atoms with Crippen molar-refractivity contribution in [3.8, 4) is 0 Å². The SMILES string of the molecule is COC(=O)/C(OC(=O)c1ccccc1)=C1/CCC(c2ccccc2)=NN1. The molecule has 6 nitrogen and oxygen atoms in total. The summed E-state index contributed by atoms with van der Waals surface area (Å²) in [6, 6.07) is 18.2. The maximum atomic E-state index is 12.3. The number of ether oxygens (including phenoxy) is 2. The lowest BCUT2D eigenvalue weighted by Gasteiger charge is -2.19. The van der Waals surface area contributed by atoms with Crippen LogP contribution < -0.4 is 5.43 Å². The highest BCUT2D eigenvalue weighted by Gasteiger charge is 2.24. The van der Waals surface area contributed by atoms with E-state index in [1.807, 2.05) is 30.3 Å². The Hall–Kier alpha value is -3.41. The van der Waals surface area contributed by atoms with E-state index in [9.17, 15) is 9.59 Å². The molecule has 1 N–H and O–H groups in total. The highest BCUT2D eigenvalue weighted by molar-refractivity contribution is 6.01. The van der Waals surface area contributed by atoms with Crippen molar-refractivity contribution in [1.29, 1.82) is 0 Å². The molecular weight excluding hydrogens is 332 g/mol. The molecule has 0 saturated heterocycles. The quantitative estimate of drug-likeness (QED) is 0.521. The Bertz CT molecular complexity index is 858. The first-order chi connectivity index (χ1) is 12.7. The molecule has 1 aliphatic rings. The van der Waals surface area contributed by atoms with E-state index in [2.05, 4.69) is 10.5 Å². The van der Waals surface area contributed by atoms with Gasteiger partial charge in [-0.05, 0) is 30.5 Å². The molecule has 132 valence electrons. The number of hydrogen-bond donors (Lipinski definition) is 1. The second kappa shape index (κ2) is 8.11. The van der Waals surface area contributed by atoms with Crippen molar-refractivity contribution >= 4 is 17.7 Å². The predicted octanol–water partition coefficient (Wildman–Crippen LogP) is 3.02. The van der Waals surface area contributed by atoms with Crippen LogP contribution >= 0.6 is 0 Å². The lowest BCUT2D eigenvalue weighted by molar-refractivity contribution is -0.139. The fourth-order valence-corrected chi connectivity index (χ4v) is 2.54. The average Bonchev–Trinajstić information content (AvgIpc) is 2.72. The van der Waals surface area contributed by atoms with Crippen LogP contribution in [0.3, 0.4) is 0 Å². The summed E-state index contributed by atoms with van der Waals surface area (Å²) in [4.78, 5) is 24.4. The van der Waals surface area contributed by atoms with E-state index >= 15 is 0 Å². The summed E-state index contributed by atoms with van der Waals surface area (Å²) in [7, 11) is 1.24. The van der Waals surface area contributed by atoms with Gasteiger partial charge in [0.15, 0.2) is 0 Å². The number of carbonyl (C=O) groups is 2. The number of rotatable bonds is 4. The zero-order valence-corrected chi connectivity index (χ0v) is 14.3. The van der Waals surface area contributed by atoms with E-state index < -0.39 is 11.9 Å². The van der Waals surface area contributed by atoms with E-state index in [0.29, 0.717) is 24.1 Å². The van der Waals surface area contributed by atoms with Gasteiger partial charge in [-0.1, -0.05) is 48.5 Å². The summed E-state index contributed by atoms with van der Waals surface area (Å²) in [6.07, 6.45) is 1.08. The summed E-state index contributed by atoms with van der Waals surface area (Å²) in [5, 5.41) is 4.31. The lowest BCUT2D eigenvalue weighted by Crippen LogP contribution is -2.25. The molecule has 3 rings (SSSR count). The van der Waals surface area contributed by atoms with Crippen molar-refractivity contribution in [2.45, 2.75) is 12.8 Å². The molecule has 0 aliphatic carbocycles. The van der Waals surface area contributed by atoms with Gasteiger partial charge in [0.2, 0.25) is 5.76 Å². The largest absolute Gasteiger partial charge is 0.463 e. The number of methoxy groups -OCH3 is 1. The number of benzene rings is 2. The second-order valence-corrected chi connectivity index (χ2v) is 5.59. The van der Waals surface area contributed by atoms with E-state index in [1.54, 1.807) is 30.3 Å². The van der Waals surface area contributed by atoms with Crippen molar-refractivity contribution in [3.63, 3.8) is 0 Å². The van der Waals surface area contributed by atoms with Crippen LogP contribution in [-0.4, -0.2) is 24.8 Å². The van der Waals surface area contributed by atoms with Crippen LogP contribution in [0.15, 0.2) is 77.2 Å². The van der Waals surface area contributed by atoms with Crippen LogP contribution in [0.2, 0.25) is 0 Å². The molecule has 2 aromatic rings. The number of carbonyl (C=O) groups excluding carboxylic acids is 2. The first kappa shape index (κ1) is 17.4. The van der Waals surface area contributed by atoms with E-state index in [1.165, 1.54) is 7.11 Å². The molecule has 0 spiro atoms. The molecule has 0 unspecified atom stereocenters.